The molecule has 0 N–H and O–H groups in total. The molecule has 6 nitrogen and oxygen atoms in total. The third kappa shape index (κ3) is 4.76. The van der Waals surface area contributed by atoms with Gasteiger partial charge in [0.05, 0.1) is 5.25 Å². The number of hydrogen-bond donors (Lipinski definition) is 0. The van der Waals surface area contributed by atoms with Crippen LogP contribution in [0.3, 0.4) is 0 Å². The molecule has 8 heteroatoms. The summed E-state index contributed by atoms with van der Waals surface area (Å²) in [5.41, 5.74) is 2.31. The van der Waals surface area contributed by atoms with E-state index in [1.54, 1.807) is 11.8 Å². The number of nitrogens with zero attached hydrogens (tertiary/aromatic N) is 5. The summed E-state index contributed by atoms with van der Waals surface area (Å²) in [5, 5.41) is 13.7. The summed E-state index contributed by atoms with van der Waals surface area (Å²) < 4.78 is 8.53. The molecule has 0 amide bonds. The highest BCUT2D eigenvalue weighted by atomic mass is 79.9. The van der Waals surface area contributed by atoms with Gasteiger partial charge < -0.3 is 9.09 Å². The van der Waals surface area contributed by atoms with Crippen molar-refractivity contribution >= 4 is 27.7 Å². The molecule has 2 aromatic heterocycles. The van der Waals surface area contributed by atoms with E-state index in [0.717, 1.165) is 34.0 Å². The molecule has 148 valence electrons. The van der Waals surface area contributed by atoms with Gasteiger partial charge in [0.2, 0.25) is 5.89 Å². The van der Waals surface area contributed by atoms with Crippen LogP contribution in [0.15, 0.2) is 68.7 Å². The summed E-state index contributed by atoms with van der Waals surface area (Å²) in [7, 11) is 0. The molecule has 4 rings (SSSR count). The number of benzene rings is 2. The van der Waals surface area contributed by atoms with Crippen molar-refractivity contribution in [2.24, 2.45) is 0 Å². The zero-order valence-electron chi connectivity index (χ0n) is 16.1. The van der Waals surface area contributed by atoms with Gasteiger partial charge in [-0.15, -0.1) is 10.2 Å². The van der Waals surface area contributed by atoms with Crippen LogP contribution in [0.5, 0.6) is 0 Å². The lowest BCUT2D eigenvalue weighted by Gasteiger charge is -2.12. The van der Waals surface area contributed by atoms with Crippen LogP contribution in [0.25, 0.3) is 11.4 Å². The summed E-state index contributed by atoms with van der Waals surface area (Å²) in [6.07, 6.45) is 0.893. The first-order valence-electron chi connectivity index (χ1n) is 9.30. The minimum absolute atomic E-state index is 0.0198. The van der Waals surface area contributed by atoms with Gasteiger partial charge in [-0.1, -0.05) is 75.3 Å². The van der Waals surface area contributed by atoms with Crippen LogP contribution in [-0.4, -0.2) is 24.9 Å². The van der Waals surface area contributed by atoms with Crippen LogP contribution in [-0.2, 0) is 13.0 Å². The summed E-state index contributed by atoms with van der Waals surface area (Å²) in [5.74, 6) is 2.08. The quantitative estimate of drug-likeness (QED) is 0.333. The summed E-state index contributed by atoms with van der Waals surface area (Å²) >= 11 is 5.07. The van der Waals surface area contributed by atoms with E-state index in [1.807, 2.05) is 44.2 Å². The van der Waals surface area contributed by atoms with Crippen LogP contribution >= 0.6 is 27.7 Å². The van der Waals surface area contributed by atoms with Crippen molar-refractivity contribution in [3.8, 4) is 11.4 Å². The van der Waals surface area contributed by atoms with E-state index in [9.17, 15) is 0 Å². The lowest BCUT2D eigenvalue weighted by molar-refractivity contribution is 0.376. The molecule has 0 spiro atoms. The molecule has 2 heterocycles. The molecule has 0 aliphatic carbocycles. The van der Waals surface area contributed by atoms with Crippen molar-refractivity contribution in [1.29, 1.82) is 0 Å². The largest absolute Gasteiger partial charge is 0.338 e. The zero-order valence-corrected chi connectivity index (χ0v) is 18.5. The van der Waals surface area contributed by atoms with Gasteiger partial charge in [-0.05, 0) is 38.0 Å². The predicted molar refractivity (Wildman–Crippen MR) is 117 cm³/mol. The van der Waals surface area contributed by atoms with Crippen molar-refractivity contribution in [3.63, 3.8) is 0 Å². The van der Waals surface area contributed by atoms with Crippen LogP contribution < -0.4 is 0 Å². The summed E-state index contributed by atoms with van der Waals surface area (Å²) in [4.78, 5) is 4.34. The Morgan fingerprint density at radius 3 is 2.52 bits per heavy atom. The van der Waals surface area contributed by atoms with E-state index in [1.165, 1.54) is 5.56 Å². The van der Waals surface area contributed by atoms with Crippen LogP contribution in [0.1, 0.15) is 29.5 Å². The Hall–Kier alpha value is -2.45. The lowest BCUT2D eigenvalue weighted by atomic mass is 10.1. The monoisotopic (exact) mass is 469 g/mol. The van der Waals surface area contributed by atoms with E-state index >= 15 is 0 Å². The Bertz CT molecular complexity index is 1080. The molecular formula is C21H20BrN5OS. The van der Waals surface area contributed by atoms with Crippen molar-refractivity contribution in [2.45, 2.75) is 37.2 Å². The number of halogens is 1. The minimum Gasteiger partial charge on any atom is -0.338 e. The van der Waals surface area contributed by atoms with Gasteiger partial charge in [-0.2, -0.15) is 4.98 Å². The first-order valence-corrected chi connectivity index (χ1v) is 11.0. The highest BCUT2D eigenvalue weighted by molar-refractivity contribution is 9.10. The average Bonchev–Trinajstić information content (AvgIpc) is 3.34. The van der Waals surface area contributed by atoms with E-state index < -0.39 is 0 Å². The molecule has 0 fully saturated rings. The van der Waals surface area contributed by atoms with Gasteiger partial charge in [0.15, 0.2) is 16.8 Å². The zero-order chi connectivity index (χ0) is 20.2. The second-order valence-corrected chi connectivity index (χ2v) is 8.86. The number of rotatable bonds is 7. The van der Waals surface area contributed by atoms with Gasteiger partial charge in [-0.3, -0.25) is 0 Å². The third-order valence-electron chi connectivity index (χ3n) is 4.46. The Morgan fingerprint density at radius 1 is 1.07 bits per heavy atom. The highest BCUT2D eigenvalue weighted by Gasteiger charge is 2.21. The fraction of sp³-hybridized carbons (Fsp3) is 0.238. The molecular weight excluding hydrogens is 450 g/mol. The van der Waals surface area contributed by atoms with Gasteiger partial charge in [0.25, 0.3) is 0 Å². The third-order valence-corrected chi connectivity index (χ3v) is 6.06. The van der Waals surface area contributed by atoms with Gasteiger partial charge in [0.1, 0.15) is 0 Å². The molecule has 0 saturated heterocycles. The molecule has 1 unspecified atom stereocenters. The molecule has 2 aromatic carbocycles. The van der Waals surface area contributed by atoms with Crippen LogP contribution in [0.4, 0.5) is 0 Å². The maximum Gasteiger partial charge on any atom is 0.239 e. The normalized spacial score (nSPS) is 12.2. The van der Waals surface area contributed by atoms with Crippen molar-refractivity contribution < 1.29 is 4.52 Å². The van der Waals surface area contributed by atoms with E-state index in [-0.39, 0.29) is 5.25 Å². The maximum atomic E-state index is 5.33. The fourth-order valence-corrected chi connectivity index (χ4v) is 4.13. The van der Waals surface area contributed by atoms with Gasteiger partial charge in [-0.25, -0.2) is 0 Å². The molecule has 0 radical (unpaired) electrons. The van der Waals surface area contributed by atoms with Gasteiger partial charge >= 0.3 is 0 Å². The molecule has 4 aromatic rings. The molecule has 0 saturated carbocycles. The predicted octanol–water partition coefficient (Wildman–Crippen LogP) is 5.50. The minimum atomic E-state index is -0.0198. The Kier molecular flexibility index (Phi) is 6.10. The Labute approximate surface area is 181 Å². The average molecular weight is 470 g/mol. The molecule has 0 bridgehead atoms. The van der Waals surface area contributed by atoms with Crippen molar-refractivity contribution in [1.82, 2.24) is 24.9 Å². The van der Waals surface area contributed by atoms with Crippen molar-refractivity contribution in [3.05, 3.63) is 76.3 Å². The number of aryl methyl sites for hydroxylation is 2. The smallest absolute Gasteiger partial charge is 0.239 e. The van der Waals surface area contributed by atoms with Crippen molar-refractivity contribution in [2.75, 3.05) is 0 Å². The van der Waals surface area contributed by atoms with Crippen LogP contribution in [0, 0.1) is 6.92 Å². The van der Waals surface area contributed by atoms with Crippen LogP contribution in [0.2, 0.25) is 0 Å². The van der Waals surface area contributed by atoms with E-state index in [2.05, 4.69) is 65.1 Å². The summed E-state index contributed by atoms with van der Waals surface area (Å²) in [6, 6.07) is 18.6. The Balaban J connectivity index is 1.63. The number of aromatic nitrogens is 5. The molecule has 0 aliphatic rings. The second-order valence-electron chi connectivity index (χ2n) is 6.64. The molecule has 29 heavy (non-hydrogen) atoms. The topological polar surface area (TPSA) is 69.6 Å². The SMILES string of the molecule is Cc1noc(C(C)Sc2nnc(-c3ccc(Br)cc3)n2CCc2ccccc2)n1. The second kappa shape index (κ2) is 8.92. The standard InChI is InChI=1S/C21H20BrN5OS/c1-14(20-23-15(2)26-28-20)29-21-25-24-19(17-8-10-18(22)11-9-17)27(21)13-12-16-6-4-3-5-7-16/h3-11,14H,12-13H2,1-2H3. The summed E-state index contributed by atoms with van der Waals surface area (Å²) in [6.45, 7) is 4.63. The van der Waals surface area contributed by atoms with Gasteiger partial charge in [0, 0.05) is 16.6 Å². The molecule has 1 atom stereocenters. The first kappa shape index (κ1) is 19.8. The molecule has 0 aliphatic heterocycles. The van der Waals surface area contributed by atoms with E-state index in [4.69, 9.17) is 4.52 Å². The lowest BCUT2D eigenvalue weighted by Crippen LogP contribution is -2.06. The van der Waals surface area contributed by atoms with E-state index in [0.29, 0.717) is 11.7 Å². The highest BCUT2D eigenvalue weighted by Crippen LogP contribution is 2.35. The Morgan fingerprint density at radius 2 is 1.83 bits per heavy atom. The number of hydrogen-bond acceptors (Lipinski definition) is 6. The fourth-order valence-electron chi connectivity index (χ4n) is 2.96. The first-order chi connectivity index (χ1) is 14.1. The number of thioether (sulfide) groups is 1. The maximum absolute atomic E-state index is 5.33.